The van der Waals surface area contributed by atoms with E-state index in [-0.39, 0.29) is 12.5 Å². The van der Waals surface area contributed by atoms with E-state index in [2.05, 4.69) is 17.1 Å². The van der Waals surface area contributed by atoms with Crippen molar-refractivity contribution >= 4 is 5.91 Å². The molecule has 110 valence electrons. The minimum Gasteiger partial charge on any atom is -0.395 e. The Balaban J connectivity index is 1.88. The molecule has 1 amide bonds. The molecule has 0 aromatic heterocycles. The molecule has 0 bridgehead atoms. The molecule has 5 heteroatoms. The third-order valence-corrected chi connectivity index (χ3v) is 4.40. The van der Waals surface area contributed by atoms with Gasteiger partial charge in [-0.05, 0) is 39.3 Å². The Labute approximate surface area is 115 Å². The summed E-state index contributed by atoms with van der Waals surface area (Å²) in [7, 11) is 0. The van der Waals surface area contributed by atoms with Crippen LogP contribution in [0.3, 0.4) is 0 Å². The summed E-state index contributed by atoms with van der Waals surface area (Å²) in [6.07, 6.45) is 3.13. The number of aliphatic hydroxyl groups is 1. The van der Waals surface area contributed by atoms with Crippen LogP contribution >= 0.6 is 0 Å². The van der Waals surface area contributed by atoms with E-state index in [9.17, 15) is 4.79 Å². The molecule has 2 unspecified atom stereocenters. The van der Waals surface area contributed by atoms with Crippen molar-refractivity contribution in [1.29, 1.82) is 0 Å². The van der Waals surface area contributed by atoms with Crippen LogP contribution in [0.4, 0.5) is 0 Å². The third-order valence-electron chi connectivity index (χ3n) is 4.40. The first-order chi connectivity index (χ1) is 9.22. The van der Waals surface area contributed by atoms with Gasteiger partial charge in [-0.2, -0.15) is 0 Å². The largest absolute Gasteiger partial charge is 0.395 e. The Morgan fingerprint density at radius 2 is 2.11 bits per heavy atom. The lowest BCUT2D eigenvalue weighted by Gasteiger charge is -2.33. The van der Waals surface area contributed by atoms with Crippen LogP contribution in [0.25, 0.3) is 0 Å². The van der Waals surface area contributed by atoms with Gasteiger partial charge < -0.3 is 15.3 Å². The van der Waals surface area contributed by atoms with Crippen LogP contribution in [0, 0.1) is 5.92 Å². The molecule has 5 nitrogen and oxygen atoms in total. The fourth-order valence-corrected chi connectivity index (χ4v) is 3.17. The van der Waals surface area contributed by atoms with E-state index < -0.39 is 0 Å². The smallest absolute Gasteiger partial charge is 0.227 e. The Morgan fingerprint density at radius 1 is 1.26 bits per heavy atom. The van der Waals surface area contributed by atoms with Crippen molar-refractivity contribution in [3.05, 3.63) is 0 Å². The van der Waals surface area contributed by atoms with Crippen molar-refractivity contribution in [3.8, 4) is 0 Å². The topological polar surface area (TPSA) is 55.8 Å². The van der Waals surface area contributed by atoms with Crippen molar-refractivity contribution in [1.82, 2.24) is 15.1 Å². The maximum Gasteiger partial charge on any atom is 0.227 e. The molecule has 2 rings (SSSR count). The van der Waals surface area contributed by atoms with E-state index in [4.69, 9.17) is 5.11 Å². The second-order valence-electron chi connectivity index (χ2n) is 5.74. The van der Waals surface area contributed by atoms with Gasteiger partial charge in [0.1, 0.15) is 0 Å². The molecule has 0 aromatic rings. The minimum absolute atomic E-state index is 0.151. The third kappa shape index (κ3) is 3.91. The fraction of sp³-hybridized carbons (Fsp3) is 0.929. The number of aliphatic hydroxyl groups excluding tert-OH is 1. The summed E-state index contributed by atoms with van der Waals surface area (Å²) in [6.45, 7) is 7.64. The van der Waals surface area contributed by atoms with Crippen molar-refractivity contribution in [2.45, 2.75) is 32.2 Å². The summed E-state index contributed by atoms with van der Waals surface area (Å²) in [5.41, 5.74) is 0. The molecule has 2 heterocycles. The normalized spacial score (nSPS) is 30.1. The molecule has 0 aliphatic carbocycles. The molecule has 0 aromatic carbocycles. The van der Waals surface area contributed by atoms with Gasteiger partial charge in [0.15, 0.2) is 0 Å². The Bertz CT molecular complexity index is 298. The van der Waals surface area contributed by atoms with Gasteiger partial charge in [-0.1, -0.05) is 0 Å². The second kappa shape index (κ2) is 7.22. The second-order valence-corrected chi connectivity index (χ2v) is 5.74. The summed E-state index contributed by atoms with van der Waals surface area (Å²) in [6, 6.07) is 0.304. The summed E-state index contributed by atoms with van der Waals surface area (Å²) in [5, 5.41) is 12.4. The molecule has 0 radical (unpaired) electrons. The number of carbonyl (C=O) groups is 1. The van der Waals surface area contributed by atoms with Gasteiger partial charge in [0.25, 0.3) is 0 Å². The Kier molecular flexibility index (Phi) is 5.60. The summed E-state index contributed by atoms with van der Waals surface area (Å²) in [5.74, 6) is 0.476. The molecule has 0 saturated carbocycles. The molecule has 2 N–H and O–H groups in total. The number of carbonyl (C=O) groups excluding carboxylic acids is 1. The van der Waals surface area contributed by atoms with Crippen molar-refractivity contribution in [2.75, 3.05) is 45.9 Å². The Morgan fingerprint density at radius 3 is 2.84 bits per heavy atom. The van der Waals surface area contributed by atoms with Crippen LogP contribution < -0.4 is 5.32 Å². The van der Waals surface area contributed by atoms with Crippen molar-refractivity contribution in [3.63, 3.8) is 0 Å². The summed E-state index contributed by atoms with van der Waals surface area (Å²) >= 11 is 0. The highest BCUT2D eigenvalue weighted by atomic mass is 16.3. The maximum atomic E-state index is 12.6. The number of rotatable bonds is 3. The first-order valence-corrected chi connectivity index (χ1v) is 7.57. The zero-order valence-electron chi connectivity index (χ0n) is 12.0. The van der Waals surface area contributed by atoms with E-state index in [0.29, 0.717) is 11.9 Å². The summed E-state index contributed by atoms with van der Waals surface area (Å²) < 4.78 is 0. The highest BCUT2D eigenvalue weighted by Crippen LogP contribution is 2.20. The quantitative estimate of drug-likeness (QED) is 0.751. The molecular formula is C14H27N3O2. The van der Waals surface area contributed by atoms with Gasteiger partial charge in [-0.3, -0.25) is 9.69 Å². The van der Waals surface area contributed by atoms with Crippen molar-refractivity contribution in [2.24, 2.45) is 5.92 Å². The Hall–Kier alpha value is -0.650. The zero-order chi connectivity index (χ0) is 13.7. The van der Waals surface area contributed by atoms with Crippen LogP contribution in [0.15, 0.2) is 0 Å². The van der Waals surface area contributed by atoms with Crippen LogP contribution in [0.2, 0.25) is 0 Å². The van der Waals surface area contributed by atoms with Crippen LogP contribution in [-0.2, 0) is 4.79 Å². The number of hydrogen-bond donors (Lipinski definition) is 2. The number of nitrogens with zero attached hydrogens (tertiary/aromatic N) is 2. The molecular weight excluding hydrogens is 242 g/mol. The number of amides is 1. The van der Waals surface area contributed by atoms with Crippen LogP contribution in [0.1, 0.15) is 26.2 Å². The average molecular weight is 269 g/mol. The number of nitrogens with one attached hydrogen (secondary N) is 1. The molecule has 2 saturated heterocycles. The molecule has 2 aliphatic heterocycles. The van der Waals surface area contributed by atoms with Gasteiger partial charge in [0.05, 0.1) is 12.5 Å². The van der Waals surface area contributed by atoms with Crippen LogP contribution in [0.5, 0.6) is 0 Å². The van der Waals surface area contributed by atoms with Gasteiger partial charge in [0.2, 0.25) is 5.91 Å². The van der Waals surface area contributed by atoms with E-state index in [1.807, 2.05) is 4.90 Å². The van der Waals surface area contributed by atoms with Gasteiger partial charge in [-0.25, -0.2) is 0 Å². The van der Waals surface area contributed by atoms with E-state index in [1.165, 1.54) is 0 Å². The SMILES string of the molecule is CC1NCCCC1C(=O)N1CCCN(CCO)CC1. The molecule has 2 atom stereocenters. The number of β-amino-alcohol motifs (C(OH)–C–C–N with tert-alkyl or cyclic N) is 1. The molecule has 0 spiro atoms. The first-order valence-electron chi connectivity index (χ1n) is 7.57. The number of piperidine rings is 1. The lowest BCUT2D eigenvalue weighted by molar-refractivity contribution is -0.137. The monoisotopic (exact) mass is 269 g/mol. The highest BCUT2D eigenvalue weighted by Gasteiger charge is 2.31. The van der Waals surface area contributed by atoms with Crippen LogP contribution in [-0.4, -0.2) is 72.7 Å². The lowest BCUT2D eigenvalue weighted by atomic mass is 9.90. The van der Waals surface area contributed by atoms with Gasteiger partial charge >= 0.3 is 0 Å². The predicted molar refractivity (Wildman–Crippen MR) is 74.9 cm³/mol. The maximum absolute atomic E-state index is 12.6. The average Bonchev–Trinajstić information content (AvgIpc) is 2.65. The first kappa shape index (κ1) is 14.8. The lowest BCUT2D eigenvalue weighted by Crippen LogP contribution is -2.49. The molecule has 2 fully saturated rings. The van der Waals surface area contributed by atoms with E-state index >= 15 is 0 Å². The van der Waals surface area contributed by atoms with E-state index in [1.54, 1.807) is 0 Å². The molecule has 2 aliphatic rings. The van der Waals surface area contributed by atoms with E-state index in [0.717, 1.165) is 58.5 Å². The standard InChI is InChI=1S/C14H27N3O2/c1-12-13(4-2-5-15-12)14(19)17-7-3-6-16(8-9-17)10-11-18/h12-13,15,18H,2-11H2,1H3. The molecule has 19 heavy (non-hydrogen) atoms. The fourth-order valence-electron chi connectivity index (χ4n) is 3.17. The number of hydrogen-bond acceptors (Lipinski definition) is 4. The van der Waals surface area contributed by atoms with Gasteiger partial charge in [0, 0.05) is 32.2 Å². The zero-order valence-corrected chi connectivity index (χ0v) is 12.0. The predicted octanol–water partition coefficient (Wildman–Crippen LogP) is -0.0989. The highest BCUT2D eigenvalue weighted by molar-refractivity contribution is 5.79. The minimum atomic E-state index is 0.151. The summed E-state index contributed by atoms with van der Waals surface area (Å²) in [4.78, 5) is 16.9. The van der Waals surface area contributed by atoms with Gasteiger partial charge in [-0.15, -0.1) is 0 Å². The van der Waals surface area contributed by atoms with Crippen molar-refractivity contribution < 1.29 is 9.90 Å².